The molecule has 0 spiro atoms. The minimum absolute atomic E-state index is 0.471. The molecular weight excluding hydrogens is 544 g/mol. The quantitative estimate of drug-likeness (QED) is 0.211. The second-order valence-electron chi connectivity index (χ2n) is 10.7. The summed E-state index contributed by atoms with van der Waals surface area (Å²) in [6.07, 6.45) is 1.74. The van der Waals surface area contributed by atoms with Gasteiger partial charge in [-0.3, -0.25) is 4.98 Å². The molecule has 4 heterocycles. The van der Waals surface area contributed by atoms with Crippen molar-refractivity contribution in [2.24, 2.45) is 0 Å². The number of fused-ring (bicyclic) bond motifs is 6. The molecule has 0 aliphatic heterocycles. The van der Waals surface area contributed by atoms with Crippen LogP contribution in [0.2, 0.25) is 0 Å². The van der Waals surface area contributed by atoms with Crippen LogP contribution in [0.4, 0.5) is 0 Å². The lowest BCUT2D eigenvalue weighted by Gasteiger charge is -2.10. The second kappa shape index (κ2) is 9.71. The van der Waals surface area contributed by atoms with E-state index in [0.29, 0.717) is 23.2 Å². The van der Waals surface area contributed by atoms with E-state index < -0.39 is 0 Å². The Hall–Kier alpha value is -6.14. The molecule has 0 amide bonds. The molecule has 0 radical (unpaired) electrons. The lowest BCUT2D eigenvalue weighted by molar-refractivity contribution is 0.668. The van der Waals surface area contributed by atoms with E-state index >= 15 is 0 Å². The highest BCUT2D eigenvalue weighted by atomic mass is 16.3. The van der Waals surface area contributed by atoms with Gasteiger partial charge in [-0.05, 0) is 35.4 Å². The lowest BCUT2D eigenvalue weighted by atomic mass is 10.0. The summed E-state index contributed by atoms with van der Waals surface area (Å²) in [5.74, 6) is 1.57. The van der Waals surface area contributed by atoms with Crippen molar-refractivity contribution >= 4 is 43.9 Å². The van der Waals surface area contributed by atoms with Gasteiger partial charge in [0.05, 0.1) is 5.39 Å². The van der Waals surface area contributed by atoms with E-state index in [-0.39, 0.29) is 0 Å². The third kappa shape index (κ3) is 3.89. The van der Waals surface area contributed by atoms with Crippen LogP contribution in [-0.2, 0) is 0 Å². The van der Waals surface area contributed by atoms with Crippen LogP contribution in [-0.4, -0.2) is 19.9 Å². The molecule has 5 aromatic carbocycles. The highest BCUT2D eigenvalue weighted by Crippen LogP contribution is 2.38. The number of benzene rings is 5. The maximum atomic E-state index is 6.20. The minimum atomic E-state index is 0.471. The van der Waals surface area contributed by atoms with Crippen LogP contribution >= 0.6 is 0 Å². The average molecular weight is 567 g/mol. The fraction of sp³-hybridized carbons (Fsp3) is 0. The van der Waals surface area contributed by atoms with E-state index in [9.17, 15) is 0 Å². The maximum Gasteiger partial charge on any atom is 0.183 e. The van der Waals surface area contributed by atoms with Gasteiger partial charge in [-0.1, -0.05) is 103 Å². The van der Waals surface area contributed by atoms with Crippen LogP contribution in [0.15, 0.2) is 142 Å². The van der Waals surface area contributed by atoms with Crippen LogP contribution in [0, 0.1) is 0 Å². The van der Waals surface area contributed by atoms with Gasteiger partial charge in [0.15, 0.2) is 17.5 Å². The molecule has 6 heteroatoms. The van der Waals surface area contributed by atoms with Crippen molar-refractivity contribution in [1.82, 2.24) is 19.9 Å². The van der Waals surface area contributed by atoms with Crippen molar-refractivity contribution in [3.8, 4) is 45.4 Å². The molecule has 0 aliphatic rings. The van der Waals surface area contributed by atoms with E-state index in [1.54, 1.807) is 6.20 Å². The van der Waals surface area contributed by atoms with Crippen LogP contribution < -0.4 is 0 Å². The van der Waals surface area contributed by atoms with Gasteiger partial charge in [0.2, 0.25) is 0 Å². The Balaban J connectivity index is 1.30. The van der Waals surface area contributed by atoms with Crippen molar-refractivity contribution in [3.05, 3.63) is 134 Å². The Morgan fingerprint density at radius 1 is 0.386 bits per heavy atom. The molecule has 44 heavy (non-hydrogen) atoms. The van der Waals surface area contributed by atoms with Gasteiger partial charge in [-0.25, -0.2) is 15.0 Å². The van der Waals surface area contributed by atoms with Gasteiger partial charge in [-0.2, -0.15) is 0 Å². The van der Waals surface area contributed by atoms with Crippen molar-refractivity contribution in [2.75, 3.05) is 0 Å². The summed E-state index contributed by atoms with van der Waals surface area (Å²) in [4.78, 5) is 19.9. The third-order valence-electron chi connectivity index (χ3n) is 8.03. The molecule has 4 aromatic heterocycles. The first-order valence-corrected chi connectivity index (χ1v) is 14.4. The molecule has 0 N–H and O–H groups in total. The van der Waals surface area contributed by atoms with Gasteiger partial charge in [0, 0.05) is 33.5 Å². The Kier molecular flexibility index (Phi) is 5.40. The zero-order chi connectivity index (χ0) is 29.0. The van der Waals surface area contributed by atoms with E-state index in [1.165, 1.54) is 0 Å². The third-order valence-corrected chi connectivity index (χ3v) is 8.03. The fourth-order valence-electron chi connectivity index (χ4n) is 5.97. The number of furan rings is 2. The summed E-state index contributed by atoms with van der Waals surface area (Å²) in [6, 6.07) is 42.5. The van der Waals surface area contributed by atoms with Crippen molar-refractivity contribution in [3.63, 3.8) is 0 Å². The van der Waals surface area contributed by atoms with E-state index in [1.807, 2.05) is 84.9 Å². The molecule has 0 saturated heterocycles. The van der Waals surface area contributed by atoms with Crippen LogP contribution in [0.5, 0.6) is 0 Å². The monoisotopic (exact) mass is 566 g/mol. The molecule has 206 valence electrons. The number of hydrogen-bond acceptors (Lipinski definition) is 6. The molecule has 0 atom stereocenters. The smallest absolute Gasteiger partial charge is 0.183 e. The summed E-state index contributed by atoms with van der Waals surface area (Å²) in [6.45, 7) is 0. The average Bonchev–Trinajstić information content (AvgIpc) is 3.67. The van der Waals surface area contributed by atoms with Crippen molar-refractivity contribution < 1.29 is 8.83 Å². The van der Waals surface area contributed by atoms with Gasteiger partial charge in [0.1, 0.15) is 28.0 Å². The standard InChI is InChI=1S/C38H22N4O2/c1-2-9-23(10-3-1)24-17-19-25(20-18-24)36-40-37(28-13-8-16-31-33(28)26-11-4-6-14-29(26)43-31)42-38(41-36)35-34-27-12-5-7-15-30(27)44-32(34)21-22-39-35/h1-22H. The van der Waals surface area contributed by atoms with Gasteiger partial charge >= 0.3 is 0 Å². The van der Waals surface area contributed by atoms with Crippen LogP contribution in [0.1, 0.15) is 0 Å². The number of hydrogen-bond donors (Lipinski definition) is 0. The second-order valence-corrected chi connectivity index (χ2v) is 10.7. The molecule has 0 aliphatic carbocycles. The van der Waals surface area contributed by atoms with Gasteiger partial charge in [-0.15, -0.1) is 0 Å². The SMILES string of the molecule is c1ccc(-c2ccc(-c3nc(-c4cccc5oc6ccccc6c45)nc(-c4nccc5oc6ccccc6c45)n3)cc2)cc1. The van der Waals surface area contributed by atoms with Crippen molar-refractivity contribution in [2.45, 2.75) is 0 Å². The largest absolute Gasteiger partial charge is 0.456 e. The Morgan fingerprint density at radius 3 is 1.73 bits per heavy atom. The van der Waals surface area contributed by atoms with Gasteiger partial charge < -0.3 is 8.83 Å². The topological polar surface area (TPSA) is 77.8 Å². The Morgan fingerprint density at radius 2 is 0.955 bits per heavy atom. The number of para-hydroxylation sites is 2. The molecule has 0 saturated carbocycles. The molecule has 0 bridgehead atoms. The first kappa shape index (κ1) is 24.5. The predicted molar refractivity (Wildman–Crippen MR) is 174 cm³/mol. The number of nitrogens with zero attached hydrogens (tertiary/aromatic N) is 4. The number of rotatable bonds is 4. The summed E-state index contributed by atoms with van der Waals surface area (Å²) < 4.78 is 12.4. The molecule has 0 fully saturated rings. The summed E-state index contributed by atoms with van der Waals surface area (Å²) in [7, 11) is 0. The first-order valence-electron chi connectivity index (χ1n) is 14.4. The van der Waals surface area contributed by atoms with E-state index in [4.69, 9.17) is 28.8 Å². The summed E-state index contributed by atoms with van der Waals surface area (Å²) in [5.41, 5.74) is 7.77. The maximum absolute atomic E-state index is 6.20. The Labute approximate surface area is 251 Å². The Bertz CT molecular complexity index is 2360. The summed E-state index contributed by atoms with van der Waals surface area (Å²) in [5, 5.41) is 3.81. The highest BCUT2D eigenvalue weighted by Gasteiger charge is 2.21. The number of aromatic nitrogens is 4. The van der Waals surface area contributed by atoms with E-state index in [0.717, 1.165) is 66.1 Å². The molecule has 9 rings (SSSR count). The summed E-state index contributed by atoms with van der Waals surface area (Å²) >= 11 is 0. The van der Waals surface area contributed by atoms with Crippen LogP contribution in [0.25, 0.3) is 89.3 Å². The minimum Gasteiger partial charge on any atom is -0.456 e. The van der Waals surface area contributed by atoms with Gasteiger partial charge in [0.25, 0.3) is 0 Å². The highest BCUT2D eigenvalue weighted by molar-refractivity contribution is 6.12. The fourth-order valence-corrected chi connectivity index (χ4v) is 5.97. The normalized spacial score (nSPS) is 11.6. The molecule has 6 nitrogen and oxygen atoms in total. The predicted octanol–water partition coefficient (Wildman–Crippen LogP) is 9.73. The molecule has 9 aromatic rings. The lowest BCUT2D eigenvalue weighted by Crippen LogP contribution is -2.01. The molecule has 0 unspecified atom stereocenters. The number of pyridine rings is 1. The first-order chi connectivity index (χ1) is 21.8. The van der Waals surface area contributed by atoms with Crippen LogP contribution in [0.3, 0.4) is 0 Å². The van der Waals surface area contributed by atoms with Crippen molar-refractivity contribution in [1.29, 1.82) is 0 Å². The zero-order valence-corrected chi connectivity index (χ0v) is 23.3. The zero-order valence-electron chi connectivity index (χ0n) is 23.3. The van der Waals surface area contributed by atoms with E-state index in [2.05, 4.69) is 42.5 Å². The molecular formula is C38H22N4O2.